The first kappa shape index (κ1) is 16.5. The van der Waals surface area contributed by atoms with Gasteiger partial charge in [0.05, 0.1) is 6.54 Å². The number of furan rings is 1. The Morgan fingerprint density at radius 2 is 2.14 bits per heavy atom. The second-order valence-corrected chi connectivity index (χ2v) is 7.29. The summed E-state index contributed by atoms with van der Waals surface area (Å²) in [4.78, 5) is 0.0248. The maximum Gasteiger partial charge on any atom is 0.245 e. The Kier molecular flexibility index (Phi) is 5.11. The predicted octanol–water partition coefficient (Wildman–Crippen LogP) is 3.19. The van der Waals surface area contributed by atoms with Crippen LogP contribution in [-0.2, 0) is 16.6 Å². The molecule has 0 fully saturated rings. The van der Waals surface area contributed by atoms with Gasteiger partial charge in [-0.3, -0.25) is 0 Å². The van der Waals surface area contributed by atoms with Crippen molar-refractivity contribution in [3.8, 4) is 0 Å². The Hall–Kier alpha value is -0.860. The monoisotopic (exact) mass is 392 g/mol. The maximum absolute atomic E-state index is 12.4. The van der Waals surface area contributed by atoms with Crippen LogP contribution in [0.1, 0.15) is 24.3 Å². The van der Waals surface area contributed by atoms with Gasteiger partial charge in [0.1, 0.15) is 10.7 Å². The summed E-state index contributed by atoms with van der Waals surface area (Å²) in [7, 11) is -3.73. The van der Waals surface area contributed by atoms with Crippen molar-refractivity contribution >= 4 is 37.6 Å². The lowest BCUT2D eigenvalue weighted by Crippen LogP contribution is -2.26. The van der Waals surface area contributed by atoms with Crippen molar-refractivity contribution < 1.29 is 12.8 Å². The summed E-state index contributed by atoms with van der Waals surface area (Å²) in [5.74, 6) is 0.387. The third-order valence-corrected chi connectivity index (χ3v) is 5.51. The molecule has 0 saturated carbocycles. The second kappa shape index (κ2) is 6.50. The molecule has 3 N–H and O–H groups in total. The molecule has 5 nitrogen and oxygen atoms in total. The molecule has 0 saturated heterocycles. The predicted molar refractivity (Wildman–Crippen MR) is 84.5 cm³/mol. The molecule has 2 aromatic rings. The minimum Gasteiger partial charge on any atom is -0.452 e. The number of nitrogens with one attached hydrogen (secondary N) is 1. The van der Waals surface area contributed by atoms with Gasteiger partial charge in [-0.05, 0) is 40.5 Å². The standard InChI is InChI=1S/C13H14BrClN2O3S/c1-8(9-3-2-4-10(15)5-9)17-21(18,19)12-6-11(7-16)20-13(12)14/h2-6,8,17H,7,16H2,1H3. The van der Waals surface area contributed by atoms with Crippen LogP contribution >= 0.6 is 27.5 Å². The number of hydrogen-bond acceptors (Lipinski definition) is 4. The molecule has 0 amide bonds. The van der Waals surface area contributed by atoms with Gasteiger partial charge >= 0.3 is 0 Å². The lowest BCUT2D eigenvalue weighted by molar-refractivity contribution is 0.483. The Labute approximate surface area is 136 Å². The minimum absolute atomic E-state index is 0.0248. The molecular weight excluding hydrogens is 380 g/mol. The van der Waals surface area contributed by atoms with Gasteiger partial charge < -0.3 is 10.2 Å². The quantitative estimate of drug-likeness (QED) is 0.817. The van der Waals surface area contributed by atoms with Crippen LogP contribution in [0.25, 0.3) is 0 Å². The minimum atomic E-state index is -3.73. The van der Waals surface area contributed by atoms with Crippen molar-refractivity contribution in [2.24, 2.45) is 5.73 Å². The molecular formula is C13H14BrClN2O3S. The molecule has 8 heteroatoms. The van der Waals surface area contributed by atoms with Crippen LogP contribution in [0.15, 0.2) is 44.3 Å². The van der Waals surface area contributed by atoms with Gasteiger partial charge in [-0.15, -0.1) is 0 Å². The first-order valence-corrected chi connectivity index (χ1v) is 8.75. The molecule has 1 unspecified atom stereocenters. The van der Waals surface area contributed by atoms with Crippen LogP contribution in [0.2, 0.25) is 5.02 Å². The van der Waals surface area contributed by atoms with E-state index in [1.54, 1.807) is 31.2 Å². The van der Waals surface area contributed by atoms with E-state index in [0.29, 0.717) is 10.8 Å². The molecule has 1 heterocycles. The number of sulfonamides is 1. The second-order valence-electron chi connectivity index (χ2n) is 4.45. The first-order chi connectivity index (χ1) is 9.83. The summed E-state index contributed by atoms with van der Waals surface area (Å²) >= 11 is 9.00. The van der Waals surface area contributed by atoms with E-state index >= 15 is 0 Å². The van der Waals surface area contributed by atoms with Crippen LogP contribution in [0.5, 0.6) is 0 Å². The van der Waals surface area contributed by atoms with Gasteiger partial charge in [-0.2, -0.15) is 0 Å². The van der Waals surface area contributed by atoms with Crippen LogP contribution in [0, 0.1) is 0 Å². The van der Waals surface area contributed by atoms with Crippen molar-refractivity contribution in [2.45, 2.75) is 24.4 Å². The lowest BCUT2D eigenvalue weighted by atomic mass is 10.1. The van der Waals surface area contributed by atoms with Crippen LogP contribution in [-0.4, -0.2) is 8.42 Å². The van der Waals surface area contributed by atoms with E-state index in [1.807, 2.05) is 0 Å². The largest absolute Gasteiger partial charge is 0.452 e. The Morgan fingerprint density at radius 1 is 1.43 bits per heavy atom. The summed E-state index contributed by atoms with van der Waals surface area (Å²) < 4.78 is 32.7. The van der Waals surface area contributed by atoms with Crippen molar-refractivity contribution in [1.29, 1.82) is 0 Å². The summed E-state index contributed by atoms with van der Waals surface area (Å²) in [5.41, 5.74) is 6.21. The number of hydrogen-bond donors (Lipinski definition) is 2. The van der Waals surface area contributed by atoms with Gasteiger partial charge in [-0.1, -0.05) is 23.7 Å². The Balaban J connectivity index is 2.26. The van der Waals surface area contributed by atoms with Gasteiger partial charge in [-0.25, -0.2) is 13.1 Å². The molecule has 1 atom stereocenters. The van der Waals surface area contributed by atoms with Crippen molar-refractivity contribution in [3.05, 3.63) is 51.3 Å². The fourth-order valence-electron chi connectivity index (χ4n) is 1.82. The van der Waals surface area contributed by atoms with Crippen molar-refractivity contribution in [3.63, 3.8) is 0 Å². The third-order valence-electron chi connectivity index (χ3n) is 2.88. The van der Waals surface area contributed by atoms with Gasteiger partial charge in [0.2, 0.25) is 10.0 Å². The highest BCUT2D eigenvalue weighted by Crippen LogP contribution is 2.27. The molecule has 1 aromatic heterocycles. The average Bonchev–Trinajstić information content (AvgIpc) is 2.80. The summed E-state index contributed by atoms with van der Waals surface area (Å²) in [5, 5.41) is 0.549. The summed E-state index contributed by atoms with van der Waals surface area (Å²) in [6.07, 6.45) is 0. The molecule has 0 aliphatic heterocycles. The van der Waals surface area contributed by atoms with Crippen LogP contribution < -0.4 is 10.5 Å². The number of halogens is 2. The zero-order valence-electron chi connectivity index (χ0n) is 11.1. The van der Waals surface area contributed by atoms with E-state index in [1.165, 1.54) is 6.07 Å². The highest BCUT2D eigenvalue weighted by atomic mass is 79.9. The highest BCUT2D eigenvalue weighted by molar-refractivity contribution is 9.10. The smallest absolute Gasteiger partial charge is 0.245 e. The molecule has 114 valence electrons. The summed E-state index contributed by atoms with van der Waals surface area (Å²) in [6.45, 7) is 1.86. The molecule has 0 aliphatic carbocycles. The molecule has 0 radical (unpaired) electrons. The zero-order chi connectivity index (χ0) is 15.6. The topological polar surface area (TPSA) is 85.3 Å². The number of benzene rings is 1. The Bertz CT molecular complexity index is 746. The lowest BCUT2D eigenvalue weighted by Gasteiger charge is -2.14. The zero-order valence-corrected chi connectivity index (χ0v) is 14.3. The van der Waals surface area contributed by atoms with E-state index in [-0.39, 0.29) is 16.1 Å². The molecule has 0 spiro atoms. The average molecular weight is 394 g/mol. The molecule has 0 aliphatic rings. The van der Waals surface area contributed by atoms with Crippen LogP contribution in [0.4, 0.5) is 0 Å². The van der Waals surface area contributed by atoms with E-state index in [9.17, 15) is 8.42 Å². The first-order valence-electron chi connectivity index (χ1n) is 6.09. The SMILES string of the molecule is CC(NS(=O)(=O)c1cc(CN)oc1Br)c1cccc(Cl)c1. The maximum atomic E-state index is 12.4. The highest BCUT2D eigenvalue weighted by Gasteiger charge is 2.24. The van der Waals surface area contributed by atoms with E-state index in [2.05, 4.69) is 20.7 Å². The fourth-order valence-corrected chi connectivity index (χ4v) is 4.25. The number of nitrogens with two attached hydrogens (primary N) is 1. The third kappa shape index (κ3) is 3.87. The molecule has 2 rings (SSSR count). The van der Waals surface area contributed by atoms with Crippen molar-refractivity contribution in [1.82, 2.24) is 4.72 Å². The molecule has 0 bridgehead atoms. The van der Waals surface area contributed by atoms with Crippen LogP contribution in [0.3, 0.4) is 0 Å². The summed E-state index contributed by atoms with van der Waals surface area (Å²) in [6, 6.07) is 7.97. The van der Waals surface area contributed by atoms with Gasteiger partial charge in [0, 0.05) is 17.1 Å². The van der Waals surface area contributed by atoms with Gasteiger partial charge in [0.15, 0.2) is 4.67 Å². The molecule has 21 heavy (non-hydrogen) atoms. The molecule has 1 aromatic carbocycles. The Morgan fingerprint density at radius 3 is 2.71 bits per heavy atom. The van der Waals surface area contributed by atoms with E-state index < -0.39 is 16.1 Å². The van der Waals surface area contributed by atoms with Crippen molar-refractivity contribution in [2.75, 3.05) is 0 Å². The van der Waals surface area contributed by atoms with Gasteiger partial charge in [0.25, 0.3) is 0 Å². The normalized spacial score (nSPS) is 13.3. The number of rotatable bonds is 5. The van der Waals surface area contributed by atoms with E-state index in [0.717, 1.165) is 5.56 Å². The van der Waals surface area contributed by atoms with E-state index in [4.69, 9.17) is 21.8 Å². The fraction of sp³-hybridized carbons (Fsp3) is 0.231.